The normalized spacial score (nSPS) is 14.5. The molecule has 0 unspecified atom stereocenters. The Labute approximate surface area is 179 Å². The first-order valence-corrected chi connectivity index (χ1v) is 10.9. The van der Waals surface area contributed by atoms with E-state index in [-0.39, 0.29) is 30.1 Å². The van der Waals surface area contributed by atoms with Crippen molar-refractivity contribution >= 4 is 17.5 Å². The molecule has 30 heavy (non-hydrogen) atoms. The third-order valence-electron chi connectivity index (χ3n) is 6.03. The van der Waals surface area contributed by atoms with Crippen molar-refractivity contribution in [1.82, 2.24) is 14.7 Å². The van der Waals surface area contributed by atoms with Gasteiger partial charge in [0, 0.05) is 43.9 Å². The van der Waals surface area contributed by atoms with Crippen LogP contribution in [0.4, 0.5) is 5.69 Å². The van der Waals surface area contributed by atoms with Crippen molar-refractivity contribution < 1.29 is 14.5 Å². The van der Waals surface area contributed by atoms with Crippen molar-refractivity contribution in [1.29, 1.82) is 0 Å². The van der Waals surface area contributed by atoms with E-state index in [0.29, 0.717) is 18.7 Å². The van der Waals surface area contributed by atoms with Crippen LogP contribution in [0, 0.1) is 10.1 Å². The third kappa shape index (κ3) is 6.52. The Bertz CT molecular complexity index is 712. The first-order valence-electron chi connectivity index (χ1n) is 10.9. The SMILES string of the molecule is CCN(CC)CCN(CC(=O)N(C)C1CCCCC1)C(=O)c1ccc([N+](=O)[O-])cc1. The van der Waals surface area contributed by atoms with Crippen LogP contribution in [0.25, 0.3) is 0 Å². The predicted octanol–water partition coefficient (Wildman–Crippen LogP) is 3.17. The molecule has 166 valence electrons. The minimum atomic E-state index is -0.491. The monoisotopic (exact) mass is 418 g/mol. The lowest BCUT2D eigenvalue weighted by molar-refractivity contribution is -0.384. The highest BCUT2D eigenvalue weighted by Gasteiger charge is 2.26. The summed E-state index contributed by atoms with van der Waals surface area (Å²) in [6.07, 6.45) is 5.51. The minimum absolute atomic E-state index is 0.0179. The molecule has 8 heteroatoms. The summed E-state index contributed by atoms with van der Waals surface area (Å²) >= 11 is 0. The van der Waals surface area contributed by atoms with Crippen LogP contribution in [0.1, 0.15) is 56.3 Å². The summed E-state index contributed by atoms with van der Waals surface area (Å²) in [4.78, 5) is 42.0. The second-order valence-corrected chi connectivity index (χ2v) is 7.85. The van der Waals surface area contributed by atoms with Crippen LogP contribution in [0.5, 0.6) is 0 Å². The predicted molar refractivity (Wildman–Crippen MR) is 116 cm³/mol. The lowest BCUT2D eigenvalue weighted by Gasteiger charge is -2.33. The van der Waals surface area contributed by atoms with Gasteiger partial charge in [-0.05, 0) is 38.1 Å². The highest BCUT2D eigenvalue weighted by molar-refractivity contribution is 5.96. The van der Waals surface area contributed by atoms with Crippen LogP contribution in [-0.2, 0) is 4.79 Å². The molecule has 1 aromatic carbocycles. The van der Waals surface area contributed by atoms with Crippen LogP contribution in [0.2, 0.25) is 0 Å². The Balaban J connectivity index is 2.12. The van der Waals surface area contributed by atoms with Crippen molar-refractivity contribution in [3.8, 4) is 0 Å². The zero-order valence-corrected chi connectivity index (χ0v) is 18.4. The molecule has 1 fully saturated rings. The average Bonchev–Trinajstić information content (AvgIpc) is 2.78. The summed E-state index contributed by atoms with van der Waals surface area (Å²) in [5, 5.41) is 10.9. The van der Waals surface area contributed by atoms with Crippen LogP contribution >= 0.6 is 0 Å². The fourth-order valence-electron chi connectivity index (χ4n) is 3.91. The van der Waals surface area contributed by atoms with Gasteiger partial charge in [-0.3, -0.25) is 19.7 Å². The van der Waals surface area contributed by atoms with Crippen molar-refractivity contribution in [2.75, 3.05) is 39.8 Å². The summed E-state index contributed by atoms with van der Waals surface area (Å²) in [5.41, 5.74) is 0.294. The summed E-state index contributed by atoms with van der Waals surface area (Å²) in [6.45, 7) is 6.98. The number of nitro benzene ring substituents is 1. The molecular weight excluding hydrogens is 384 g/mol. The number of hydrogen-bond donors (Lipinski definition) is 0. The maximum absolute atomic E-state index is 13.1. The highest BCUT2D eigenvalue weighted by Crippen LogP contribution is 2.22. The average molecular weight is 419 g/mol. The highest BCUT2D eigenvalue weighted by atomic mass is 16.6. The number of amides is 2. The first kappa shape index (κ1) is 23.8. The molecule has 1 saturated carbocycles. The number of nitrogens with zero attached hydrogens (tertiary/aromatic N) is 4. The molecule has 0 aliphatic heterocycles. The van der Waals surface area contributed by atoms with Crippen molar-refractivity contribution in [3.05, 3.63) is 39.9 Å². The fourth-order valence-corrected chi connectivity index (χ4v) is 3.91. The van der Waals surface area contributed by atoms with Crippen LogP contribution in [0.15, 0.2) is 24.3 Å². The van der Waals surface area contributed by atoms with E-state index in [1.807, 2.05) is 7.05 Å². The molecule has 0 saturated heterocycles. The molecule has 0 N–H and O–H groups in total. The first-order chi connectivity index (χ1) is 14.4. The molecule has 0 heterocycles. The Kier molecular flexibility index (Phi) is 9.23. The van der Waals surface area contributed by atoms with Gasteiger partial charge >= 0.3 is 0 Å². The van der Waals surface area contributed by atoms with Crippen LogP contribution in [-0.4, -0.2) is 77.3 Å². The van der Waals surface area contributed by atoms with E-state index in [0.717, 1.165) is 38.8 Å². The minimum Gasteiger partial charge on any atom is -0.341 e. The summed E-state index contributed by atoms with van der Waals surface area (Å²) < 4.78 is 0. The zero-order valence-electron chi connectivity index (χ0n) is 18.4. The van der Waals surface area contributed by atoms with E-state index in [9.17, 15) is 19.7 Å². The topological polar surface area (TPSA) is 87.0 Å². The van der Waals surface area contributed by atoms with E-state index in [1.165, 1.54) is 30.7 Å². The lowest BCUT2D eigenvalue weighted by atomic mass is 9.94. The molecule has 2 rings (SSSR count). The number of benzene rings is 1. The van der Waals surface area contributed by atoms with Crippen molar-refractivity contribution in [2.45, 2.75) is 52.0 Å². The molecule has 0 aromatic heterocycles. The van der Waals surface area contributed by atoms with Crippen LogP contribution < -0.4 is 0 Å². The van der Waals surface area contributed by atoms with Gasteiger partial charge < -0.3 is 14.7 Å². The fraction of sp³-hybridized carbons (Fsp3) is 0.636. The van der Waals surface area contributed by atoms with Gasteiger partial charge in [0.15, 0.2) is 0 Å². The Morgan fingerprint density at radius 3 is 2.17 bits per heavy atom. The molecule has 0 atom stereocenters. The zero-order chi connectivity index (χ0) is 22.1. The number of carbonyl (C=O) groups is 2. The van der Waals surface area contributed by atoms with E-state index in [4.69, 9.17) is 0 Å². The van der Waals surface area contributed by atoms with Gasteiger partial charge in [-0.25, -0.2) is 0 Å². The largest absolute Gasteiger partial charge is 0.341 e. The van der Waals surface area contributed by atoms with Gasteiger partial charge in [0.25, 0.3) is 11.6 Å². The summed E-state index contributed by atoms with van der Waals surface area (Å²) in [6, 6.07) is 5.81. The molecular formula is C22H34N4O4. The Morgan fingerprint density at radius 2 is 1.63 bits per heavy atom. The molecule has 0 radical (unpaired) electrons. The van der Waals surface area contributed by atoms with E-state index >= 15 is 0 Å². The maximum atomic E-state index is 13.1. The molecule has 1 aliphatic carbocycles. The number of rotatable bonds is 10. The van der Waals surface area contributed by atoms with E-state index in [2.05, 4.69) is 18.7 Å². The molecule has 8 nitrogen and oxygen atoms in total. The van der Waals surface area contributed by atoms with Crippen molar-refractivity contribution in [2.24, 2.45) is 0 Å². The standard InChI is InChI=1S/C22H34N4O4/c1-4-24(5-2)15-16-25(17-21(27)23(3)19-9-7-6-8-10-19)22(28)18-11-13-20(14-12-18)26(29)30/h11-14,19H,4-10,15-17H2,1-3H3. The number of likely N-dealkylation sites (N-methyl/N-ethyl adjacent to an activating group) is 2. The molecule has 0 bridgehead atoms. The lowest BCUT2D eigenvalue weighted by Crippen LogP contribution is -2.47. The van der Waals surface area contributed by atoms with Gasteiger partial charge in [0.1, 0.15) is 6.54 Å². The number of nitro groups is 1. The quantitative estimate of drug-likeness (QED) is 0.430. The molecule has 2 amide bonds. The second kappa shape index (κ2) is 11.6. The third-order valence-corrected chi connectivity index (χ3v) is 6.03. The number of hydrogen-bond acceptors (Lipinski definition) is 5. The summed E-state index contributed by atoms with van der Waals surface area (Å²) in [7, 11) is 1.83. The van der Waals surface area contributed by atoms with Crippen molar-refractivity contribution in [3.63, 3.8) is 0 Å². The summed E-state index contributed by atoms with van der Waals surface area (Å²) in [5.74, 6) is -0.334. The smallest absolute Gasteiger partial charge is 0.269 e. The van der Waals surface area contributed by atoms with Gasteiger partial charge in [-0.2, -0.15) is 0 Å². The number of carbonyl (C=O) groups excluding carboxylic acids is 2. The second-order valence-electron chi connectivity index (χ2n) is 7.85. The molecule has 0 spiro atoms. The molecule has 1 aromatic rings. The van der Waals surface area contributed by atoms with E-state index < -0.39 is 4.92 Å². The van der Waals surface area contributed by atoms with Gasteiger partial charge in [0.05, 0.1) is 4.92 Å². The molecule has 1 aliphatic rings. The van der Waals surface area contributed by atoms with Crippen LogP contribution in [0.3, 0.4) is 0 Å². The maximum Gasteiger partial charge on any atom is 0.269 e. The van der Waals surface area contributed by atoms with Gasteiger partial charge in [-0.1, -0.05) is 33.1 Å². The van der Waals surface area contributed by atoms with E-state index in [1.54, 1.807) is 9.80 Å². The Hall–Kier alpha value is -2.48. The Morgan fingerprint density at radius 1 is 1.03 bits per heavy atom. The van der Waals surface area contributed by atoms with Gasteiger partial charge in [-0.15, -0.1) is 0 Å². The number of non-ortho nitro benzene ring substituents is 1. The van der Waals surface area contributed by atoms with Gasteiger partial charge in [0.2, 0.25) is 5.91 Å².